The molecule has 0 radical (unpaired) electrons. The summed E-state index contributed by atoms with van der Waals surface area (Å²) in [5.74, 6) is 0.383. The van der Waals surface area contributed by atoms with Crippen molar-refractivity contribution < 1.29 is 4.79 Å². The highest BCUT2D eigenvalue weighted by molar-refractivity contribution is 6.33. The average Bonchev–Trinajstić information content (AvgIpc) is 2.69. The summed E-state index contributed by atoms with van der Waals surface area (Å²) in [6.07, 6.45) is 3.10. The first-order valence-corrected chi connectivity index (χ1v) is 8.72. The predicted octanol–water partition coefficient (Wildman–Crippen LogP) is 4.41. The quantitative estimate of drug-likeness (QED) is 0.702. The maximum absolute atomic E-state index is 12.3. The molecule has 0 spiro atoms. The van der Waals surface area contributed by atoms with Gasteiger partial charge in [-0.1, -0.05) is 54.1 Å². The molecule has 3 aromatic rings. The topological polar surface area (TPSA) is 58.1 Å². The van der Waals surface area contributed by atoms with E-state index in [-0.39, 0.29) is 11.6 Å². The zero-order chi connectivity index (χ0) is 18.4. The van der Waals surface area contributed by atoms with Crippen molar-refractivity contribution in [1.82, 2.24) is 9.97 Å². The van der Waals surface area contributed by atoms with Crippen LogP contribution < -0.4 is 10.2 Å². The summed E-state index contributed by atoms with van der Waals surface area (Å²) in [4.78, 5) is 23.1. The number of nitrogens with one attached hydrogen (secondary N) is 1. The normalized spacial score (nSPS) is 10.4. The molecule has 0 fully saturated rings. The van der Waals surface area contributed by atoms with E-state index in [1.54, 1.807) is 30.5 Å². The fraction of sp³-hybridized carbons (Fsp3) is 0.150. The van der Waals surface area contributed by atoms with Crippen LogP contribution in [-0.4, -0.2) is 22.4 Å². The van der Waals surface area contributed by atoms with Gasteiger partial charge in [0.1, 0.15) is 11.5 Å². The van der Waals surface area contributed by atoms with Crippen molar-refractivity contribution in [2.45, 2.75) is 13.5 Å². The van der Waals surface area contributed by atoms with Crippen molar-refractivity contribution in [2.75, 3.05) is 16.8 Å². The summed E-state index contributed by atoms with van der Waals surface area (Å²) in [5, 5.41) is 3.22. The Morgan fingerprint density at radius 2 is 1.77 bits per heavy atom. The van der Waals surface area contributed by atoms with Gasteiger partial charge in [-0.2, -0.15) is 0 Å². The molecule has 0 aliphatic heterocycles. The molecule has 1 N–H and O–H groups in total. The highest BCUT2D eigenvalue weighted by Gasteiger charge is 2.12. The molecule has 0 atom stereocenters. The molecule has 0 saturated heterocycles. The zero-order valence-corrected chi connectivity index (χ0v) is 15.1. The number of para-hydroxylation sites is 1. The van der Waals surface area contributed by atoms with E-state index < -0.39 is 0 Å². The summed E-state index contributed by atoms with van der Waals surface area (Å²) < 4.78 is 0. The van der Waals surface area contributed by atoms with Crippen molar-refractivity contribution in [3.8, 4) is 0 Å². The second-order valence-corrected chi connectivity index (χ2v) is 6.10. The Hall–Kier alpha value is -2.92. The van der Waals surface area contributed by atoms with E-state index in [1.807, 2.05) is 18.2 Å². The molecule has 0 unspecified atom stereocenters. The van der Waals surface area contributed by atoms with Crippen molar-refractivity contribution in [3.05, 3.63) is 83.3 Å². The molecule has 132 valence electrons. The number of rotatable bonds is 6. The van der Waals surface area contributed by atoms with Crippen LogP contribution in [0.5, 0.6) is 0 Å². The van der Waals surface area contributed by atoms with Crippen molar-refractivity contribution in [3.63, 3.8) is 0 Å². The Bertz CT molecular complexity index is 868. The van der Waals surface area contributed by atoms with Crippen LogP contribution in [0.2, 0.25) is 5.02 Å². The van der Waals surface area contributed by atoms with Gasteiger partial charge < -0.3 is 10.2 Å². The summed E-state index contributed by atoms with van der Waals surface area (Å²) in [5.41, 5.74) is 1.98. The van der Waals surface area contributed by atoms with Crippen molar-refractivity contribution in [2.24, 2.45) is 0 Å². The van der Waals surface area contributed by atoms with Gasteiger partial charge in [0.25, 0.3) is 5.91 Å². The number of carbonyl (C=O) groups excluding carboxylic acids is 1. The highest BCUT2D eigenvalue weighted by Crippen LogP contribution is 2.21. The minimum absolute atomic E-state index is 0.240. The summed E-state index contributed by atoms with van der Waals surface area (Å²) in [6, 6.07) is 17.2. The third-order valence-electron chi connectivity index (χ3n) is 3.91. The molecule has 0 aliphatic rings. The van der Waals surface area contributed by atoms with Crippen LogP contribution in [0.1, 0.15) is 23.0 Å². The van der Waals surface area contributed by atoms with E-state index in [9.17, 15) is 4.79 Å². The van der Waals surface area contributed by atoms with Gasteiger partial charge in [-0.3, -0.25) is 4.79 Å². The van der Waals surface area contributed by atoms with Crippen molar-refractivity contribution >= 4 is 29.0 Å². The van der Waals surface area contributed by atoms with Gasteiger partial charge in [0.15, 0.2) is 0 Å². The number of nitrogens with zero attached hydrogens (tertiary/aromatic N) is 3. The number of anilines is 2. The van der Waals surface area contributed by atoms with Crippen LogP contribution in [0, 0.1) is 0 Å². The summed E-state index contributed by atoms with van der Waals surface area (Å²) in [7, 11) is 0. The van der Waals surface area contributed by atoms with Crippen LogP contribution in [-0.2, 0) is 6.54 Å². The minimum atomic E-state index is -0.344. The molecular formula is C20H19ClN4O. The van der Waals surface area contributed by atoms with Crippen LogP contribution in [0.15, 0.2) is 67.0 Å². The second kappa shape index (κ2) is 8.45. The van der Waals surface area contributed by atoms with E-state index in [4.69, 9.17) is 11.6 Å². The third-order valence-corrected chi connectivity index (χ3v) is 4.24. The standard InChI is InChI=1S/C20H19ClN4O/c1-2-25(14-15-8-4-3-5-9-15)19-13-22-18(12-23-19)20(26)24-17-11-7-6-10-16(17)21/h3-13H,2,14H2,1H3,(H,24,26). The zero-order valence-electron chi connectivity index (χ0n) is 14.4. The Morgan fingerprint density at radius 1 is 1.04 bits per heavy atom. The lowest BCUT2D eigenvalue weighted by atomic mass is 10.2. The summed E-state index contributed by atoms with van der Waals surface area (Å²) in [6.45, 7) is 3.58. The molecule has 1 heterocycles. The monoisotopic (exact) mass is 366 g/mol. The molecule has 1 amide bonds. The van der Waals surface area contributed by atoms with E-state index in [2.05, 4.69) is 39.2 Å². The van der Waals surface area contributed by atoms with Crippen molar-refractivity contribution in [1.29, 1.82) is 0 Å². The first-order chi connectivity index (χ1) is 12.7. The summed E-state index contributed by atoms with van der Waals surface area (Å²) >= 11 is 6.06. The van der Waals surface area contributed by atoms with Crippen LogP contribution >= 0.6 is 11.6 Å². The van der Waals surface area contributed by atoms with Crippen LogP contribution in [0.3, 0.4) is 0 Å². The maximum atomic E-state index is 12.3. The molecule has 2 aromatic carbocycles. The molecule has 0 aliphatic carbocycles. The SMILES string of the molecule is CCN(Cc1ccccc1)c1cnc(C(=O)Nc2ccccc2Cl)cn1. The van der Waals surface area contributed by atoms with Gasteiger partial charge in [-0.25, -0.2) is 9.97 Å². The fourth-order valence-corrected chi connectivity index (χ4v) is 2.69. The first-order valence-electron chi connectivity index (χ1n) is 8.34. The predicted molar refractivity (Wildman–Crippen MR) is 105 cm³/mol. The number of carbonyl (C=O) groups is 1. The molecule has 5 nitrogen and oxygen atoms in total. The lowest BCUT2D eigenvalue weighted by molar-refractivity contribution is 0.102. The fourth-order valence-electron chi connectivity index (χ4n) is 2.51. The smallest absolute Gasteiger partial charge is 0.275 e. The molecule has 26 heavy (non-hydrogen) atoms. The Kier molecular flexibility index (Phi) is 5.81. The van der Waals surface area contributed by atoms with Crippen LogP contribution in [0.4, 0.5) is 11.5 Å². The largest absolute Gasteiger partial charge is 0.351 e. The van der Waals surface area contributed by atoms with E-state index in [0.29, 0.717) is 10.7 Å². The van der Waals surface area contributed by atoms with E-state index in [0.717, 1.165) is 18.9 Å². The number of benzene rings is 2. The average molecular weight is 367 g/mol. The Morgan fingerprint density at radius 3 is 2.42 bits per heavy atom. The molecule has 6 heteroatoms. The van der Waals surface area contributed by atoms with Gasteiger partial charge in [0, 0.05) is 13.1 Å². The molecule has 0 bridgehead atoms. The maximum Gasteiger partial charge on any atom is 0.275 e. The Balaban J connectivity index is 1.70. The highest BCUT2D eigenvalue weighted by atomic mass is 35.5. The number of amides is 1. The molecular weight excluding hydrogens is 348 g/mol. The van der Waals surface area contributed by atoms with Crippen LogP contribution in [0.25, 0.3) is 0 Å². The van der Waals surface area contributed by atoms with Gasteiger partial charge >= 0.3 is 0 Å². The van der Waals surface area contributed by atoms with Gasteiger partial charge in [0.2, 0.25) is 0 Å². The third kappa shape index (κ3) is 4.37. The first kappa shape index (κ1) is 17.9. The number of halogens is 1. The second-order valence-electron chi connectivity index (χ2n) is 5.69. The number of hydrogen-bond donors (Lipinski definition) is 1. The van der Waals surface area contributed by atoms with Gasteiger partial charge in [-0.15, -0.1) is 0 Å². The van der Waals surface area contributed by atoms with E-state index in [1.165, 1.54) is 11.8 Å². The minimum Gasteiger partial charge on any atom is -0.351 e. The number of aromatic nitrogens is 2. The Labute approximate surface area is 157 Å². The molecule has 0 saturated carbocycles. The van der Waals surface area contributed by atoms with E-state index >= 15 is 0 Å². The lowest BCUT2D eigenvalue weighted by Crippen LogP contribution is -2.24. The van der Waals surface area contributed by atoms with Gasteiger partial charge in [-0.05, 0) is 24.6 Å². The molecule has 3 rings (SSSR count). The van der Waals surface area contributed by atoms with Gasteiger partial charge in [0.05, 0.1) is 23.1 Å². The lowest BCUT2D eigenvalue weighted by Gasteiger charge is -2.21. The molecule has 1 aromatic heterocycles. The number of hydrogen-bond acceptors (Lipinski definition) is 4.